The van der Waals surface area contributed by atoms with Crippen molar-refractivity contribution in [1.82, 2.24) is 24.3 Å². The summed E-state index contributed by atoms with van der Waals surface area (Å²) in [6, 6.07) is 2.32. The normalized spacial score (nSPS) is 16.8. The van der Waals surface area contributed by atoms with Gasteiger partial charge in [-0.2, -0.15) is 23.3 Å². The van der Waals surface area contributed by atoms with E-state index in [-0.39, 0.29) is 13.0 Å². The van der Waals surface area contributed by atoms with E-state index < -0.39 is 12.6 Å². The first-order valence-corrected chi connectivity index (χ1v) is 9.22. The monoisotopic (exact) mass is 393 g/mol. The zero-order chi connectivity index (χ0) is 19.9. The Labute approximate surface area is 160 Å². The minimum atomic E-state index is -4.13. The summed E-state index contributed by atoms with van der Waals surface area (Å²) in [5.41, 5.74) is 2.78. The predicted molar refractivity (Wildman–Crippen MR) is 100 cm³/mol. The van der Waals surface area contributed by atoms with Gasteiger partial charge in [0.25, 0.3) is 0 Å². The second-order valence-electron chi connectivity index (χ2n) is 7.22. The Bertz CT molecular complexity index is 975. The minimum Gasteiger partial charge on any atom is -0.353 e. The summed E-state index contributed by atoms with van der Waals surface area (Å²) < 4.78 is 40.4. The standard InChI is InChI=1S/C18H22F3N7/c1-12-10-27-7-4-14-15(27)16(26(12)2)25-17(24-14)22-8-13-9-23-28(11-13)6-3-5-18(19,20)21/h4,7,9,11-12H,3,5-6,8,10H2,1-2H3,(H,22,24,25)/t12-/m0/s1. The summed E-state index contributed by atoms with van der Waals surface area (Å²) in [7, 11) is 2.03. The molecule has 1 aliphatic rings. The van der Waals surface area contributed by atoms with Crippen LogP contribution in [0.2, 0.25) is 0 Å². The van der Waals surface area contributed by atoms with Crippen molar-refractivity contribution >= 4 is 22.8 Å². The molecule has 1 atom stereocenters. The van der Waals surface area contributed by atoms with E-state index >= 15 is 0 Å². The lowest BCUT2D eigenvalue weighted by Gasteiger charge is -2.32. The smallest absolute Gasteiger partial charge is 0.353 e. The van der Waals surface area contributed by atoms with E-state index in [0.717, 1.165) is 29.0 Å². The number of anilines is 2. The Balaban J connectivity index is 1.43. The van der Waals surface area contributed by atoms with E-state index in [1.165, 1.54) is 4.68 Å². The first kappa shape index (κ1) is 18.6. The molecule has 1 aliphatic heterocycles. The van der Waals surface area contributed by atoms with Crippen molar-refractivity contribution in [3.63, 3.8) is 0 Å². The molecule has 150 valence electrons. The number of nitrogens with zero attached hydrogens (tertiary/aromatic N) is 6. The largest absolute Gasteiger partial charge is 0.389 e. The van der Waals surface area contributed by atoms with Crippen LogP contribution in [0.5, 0.6) is 0 Å². The highest BCUT2D eigenvalue weighted by Gasteiger charge is 2.26. The molecular formula is C18H22F3N7. The number of rotatable bonds is 6. The van der Waals surface area contributed by atoms with Gasteiger partial charge in [-0.1, -0.05) is 0 Å². The number of alkyl halides is 3. The van der Waals surface area contributed by atoms with Gasteiger partial charge in [0.05, 0.1) is 11.7 Å². The molecule has 1 N–H and O–H groups in total. The highest BCUT2D eigenvalue weighted by atomic mass is 19.4. The van der Waals surface area contributed by atoms with Gasteiger partial charge in [0.1, 0.15) is 5.52 Å². The van der Waals surface area contributed by atoms with Crippen LogP contribution in [0.4, 0.5) is 24.9 Å². The molecule has 3 aromatic rings. The van der Waals surface area contributed by atoms with E-state index in [1.807, 2.05) is 19.3 Å². The second-order valence-corrected chi connectivity index (χ2v) is 7.22. The van der Waals surface area contributed by atoms with Gasteiger partial charge in [-0.15, -0.1) is 0 Å². The Hall–Kier alpha value is -2.78. The molecule has 0 unspecified atom stereocenters. The van der Waals surface area contributed by atoms with Crippen LogP contribution in [0.25, 0.3) is 11.0 Å². The highest BCUT2D eigenvalue weighted by Crippen LogP contribution is 2.31. The number of halogens is 3. The van der Waals surface area contributed by atoms with Crippen LogP contribution in [0, 0.1) is 0 Å². The van der Waals surface area contributed by atoms with Crippen molar-refractivity contribution in [1.29, 1.82) is 0 Å². The van der Waals surface area contributed by atoms with Crippen LogP contribution < -0.4 is 10.2 Å². The summed E-state index contributed by atoms with van der Waals surface area (Å²) in [6.45, 7) is 3.74. The van der Waals surface area contributed by atoms with Crippen LogP contribution in [-0.4, -0.2) is 43.6 Å². The molecule has 0 aromatic carbocycles. The maximum Gasteiger partial charge on any atom is 0.389 e. The molecule has 28 heavy (non-hydrogen) atoms. The van der Waals surface area contributed by atoms with Crippen LogP contribution >= 0.6 is 0 Å². The first-order valence-electron chi connectivity index (χ1n) is 9.22. The van der Waals surface area contributed by atoms with E-state index in [9.17, 15) is 13.2 Å². The number of nitrogens with one attached hydrogen (secondary N) is 1. The third-order valence-electron chi connectivity index (χ3n) is 5.03. The molecular weight excluding hydrogens is 371 g/mol. The number of likely N-dealkylation sites (N-methyl/N-ethyl adjacent to an activating group) is 1. The molecule has 7 nitrogen and oxygen atoms in total. The average Bonchev–Trinajstić information content (AvgIpc) is 3.24. The van der Waals surface area contributed by atoms with Gasteiger partial charge < -0.3 is 14.8 Å². The Morgan fingerprint density at radius 2 is 2.11 bits per heavy atom. The van der Waals surface area contributed by atoms with Crippen molar-refractivity contribution in [3.05, 3.63) is 30.2 Å². The number of hydrogen-bond donors (Lipinski definition) is 1. The zero-order valence-electron chi connectivity index (χ0n) is 15.7. The summed E-state index contributed by atoms with van der Waals surface area (Å²) in [5.74, 6) is 1.41. The summed E-state index contributed by atoms with van der Waals surface area (Å²) in [4.78, 5) is 11.4. The molecule has 0 amide bonds. The number of aryl methyl sites for hydroxylation is 1. The summed E-state index contributed by atoms with van der Waals surface area (Å²) >= 11 is 0. The van der Waals surface area contributed by atoms with Gasteiger partial charge in [0.2, 0.25) is 5.95 Å². The average molecular weight is 393 g/mol. The van der Waals surface area contributed by atoms with Crippen molar-refractivity contribution in [2.75, 3.05) is 17.3 Å². The molecule has 0 saturated heterocycles. The fraction of sp³-hybridized carbons (Fsp3) is 0.500. The molecule has 0 fully saturated rings. The van der Waals surface area contributed by atoms with E-state index in [2.05, 4.69) is 36.8 Å². The molecule has 4 heterocycles. The molecule has 0 spiro atoms. The van der Waals surface area contributed by atoms with Crippen molar-refractivity contribution < 1.29 is 13.2 Å². The third kappa shape index (κ3) is 3.76. The van der Waals surface area contributed by atoms with Crippen molar-refractivity contribution in [2.24, 2.45) is 0 Å². The molecule has 0 aliphatic carbocycles. The minimum absolute atomic E-state index is 0.0166. The van der Waals surface area contributed by atoms with Crippen LogP contribution in [0.15, 0.2) is 24.7 Å². The lowest BCUT2D eigenvalue weighted by atomic mass is 10.2. The molecule has 0 saturated carbocycles. The highest BCUT2D eigenvalue weighted by molar-refractivity contribution is 5.89. The first-order chi connectivity index (χ1) is 13.3. The van der Waals surface area contributed by atoms with Gasteiger partial charge in [-0.25, -0.2) is 4.98 Å². The molecule has 4 rings (SSSR count). The third-order valence-corrected chi connectivity index (χ3v) is 5.03. The molecule has 3 aromatic heterocycles. The second kappa shape index (κ2) is 6.99. The van der Waals surface area contributed by atoms with Gasteiger partial charge in [-0.05, 0) is 19.4 Å². The Morgan fingerprint density at radius 3 is 2.89 bits per heavy atom. The van der Waals surface area contributed by atoms with Gasteiger partial charge >= 0.3 is 6.18 Å². The van der Waals surface area contributed by atoms with E-state index in [0.29, 0.717) is 18.5 Å². The number of aromatic nitrogens is 5. The van der Waals surface area contributed by atoms with Crippen LogP contribution in [0.3, 0.4) is 0 Å². The maximum atomic E-state index is 12.2. The van der Waals surface area contributed by atoms with Gasteiger partial charge in [-0.3, -0.25) is 4.68 Å². The molecule has 0 radical (unpaired) electrons. The fourth-order valence-electron chi connectivity index (χ4n) is 3.42. The van der Waals surface area contributed by atoms with Crippen LogP contribution in [-0.2, 0) is 19.6 Å². The van der Waals surface area contributed by atoms with Gasteiger partial charge in [0.15, 0.2) is 5.82 Å². The topological polar surface area (TPSA) is 63.8 Å². The maximum absolute atomic E-state index is 12.2. The summed E-state index contributed by atoms with van der Waals surface area (Å²) in [5, 5.41) is 7.32. The van der Waals surface area contributed by atoms with Crippen LogP contribution in [0.1, 0.15) is 25.3 Å². The van der Waals surface area contributed by atoms with E-state index in [4.69, 9.17) is 0 Å². The van der Waals surface area contributed by atoms with E-state index in [1.54, 1.807) is 12.4 Å². The number of hydrogen-bond acceptors (Lipinski definition) is 5. The summed E-state index contributed by atoms with van der Waals surface area (Å²) in [6.07, 6.45) is 0.508. The fourth-order valence-corrected chi connectivity index (χ4v) is 3.42. The van der Waals surface area contributed by atoms with Crippen molar-refractivity contribution in [3.8, 4) is 0 Å². The van der Waals surface area contributed by atoms with Gasteiger partial charge in [0, 0.05) is 57.1 Å². The van der Waals surface area contributed by atoms with Crippen molar-refractivity contribution in [2.45, 2.75) is 51.6 Å². The quantitative estimate of drug-likeness (QED) is 0.695. The molecule has 10 heteroatoms. The zero-order valence-corrected chi connectivity index (χ0v) is 15.7. The molecule has 0 bridgehead atoms. The SMILES string of the molecule is C[C@H]1Cn2ccc3nc(NCc4cnn(CCCC(F)(F)F)c4)nc(c32)N1C. The Kier molecular flexibility index (Phi) is 4.64. The Morgan fingerprint density at radius 1 is 1.29 bits per heavy atom. The predicted octanol–water partition coefficient (Wildman–Crippen LogP) is 3.42. The lowest BCUT2D eigenvalue weighted by molar-refractivity contribution is -0.136. The lowest BCUT2D eigenvalue weighted by Crippen LogP contribution is -2.37.